The summed E-state index contributed by atoms with van der Waals surface area (Å²) < 4.78 is 26.8. The fourth-order valence-electron chi connectivity index (χ4n) is 1.30. The van der Waals surface area contributed by atoms with Gasteiger partial charge in [-0.1, -0.05) is 15.9 Å². The van der Waals surface area contributed by atoms with E-state index in [0.29, 0.717) is 4.47 Å². The number of hydrogen-bond acceptors (Lipinski definition) is 4. The molecule has 10 heteroatoms. The van der Waals surface area contributed by atoms with E-state index in [2.05, 4.69) is 31.9 Å². The average molecular weight is 431 g/mol. The van der Waals surface area contributed by atoms with Gasteiger partial charge in [-0.25, -0.2) is 8.42 Å². The number of halogens is 2. The highest BCUT2D eigenvalue weighted by molar-refractivity contribution is 9.11. The van der Waals surface area contributed by atoms with E-state index < -0.39 is 34.4 Å². The fourth-order valence-corrected chi connectivity index (χ4v) is 4.23. The highest BCUT2D eigenvalue weighted by Crippen LogP contribution is 2.25. The van der Waals surface area contributed by atoms with Gasteiger partial charge in [0.2, 0.25) is 10.0 Å². The molecule has 110 valence electrons. The molecule has 0 fully saturated rings. The molecule has 0 spiro atoms. The molecule has 0 saturated carbocycles. The Kier molecular flexibility index (Phi) is 5.68. The van der Waals surface area contributed by atoms with Crippen molar-refractivity contribution in [3.05, 3.63) is 27.1 Å². The number of hydrogen-bond donors (Lipinski definition) is 3. The van der Waals surface area contributed by atoms with Crippen LogP contribution in [0.25, 0.3) is 0 Å². The summed E-state index contributed by atoms with van der Waals surface area (Å²) in [6, 6.07) is 2.46. The molecule has 0 aliphatic rings. The molecule has 0 unspecified atom stereocenters. The fraction of sp³-hybridized carbons (Fsp3) is 0.200. The van der Waals surface area contributed by atoms with Gasteiger partial charge in [0.05, 0.1) is 11.3 Å². The zero-order valence-corrected chi connectivity index (χ0v) is 13.7. The van der Waals surface area contributed by atoms with Crippen molar-refractivity contribution in [3.63, 3.8) is 0 Å². The molecule has 1 aromatic carbocycles. The van der Waals surface area contributed by atoms with Gasteiger partial charge in [-0.2, -0.15) is 4.72 Å². The second-order valence-corrected chi connectivity index (χ2v) is 7.14. The number of rotatable bonds is 6. The Morgan fingerprint density at radius 2 is 1.85 bits per heavy atom. The van der Waals surface area contributed by atoms with Crippen molar-refractivity contribution in [2.24, 2.45) is 0 Å². The number of benzene rings is 1. The summed E-state index contributed by atoms with van der Waals surface area (Å²) >= 11 is 6.20. The molecular weight excluding hydrogens is 422 g/mol. The zero-order chi connectivity index (χ0) is 15.5. The first kappa shape index (κ1) is 17.1. The van der Waals surface area contributed by atoms with E-state index in [1.807, 2.05) is 4.72 Å². The van der Waals surface area contributed by atoms with Crippen LogP contribution < -0.4 is 4.72 Å². The predicted molar refractivity (Wildman–Crippen MR) is 75.8 cm³/mol. The third-order valence-electron chi connectivity index (χ3n) is 2.16. The van der Waals surface area contributed by atoms with Gasteiger partial charge in [-0.05, 0) is 34.1 Å². The first-order valence-electron chi connectivity index (χ1n) is 5.05. The van der Waals surface area contributed by atoms with Crippen LogP contribution in [0.1, 0.15) is 6.42 Å². The summed E-state index contributed by atoms with van der Waals surface area (Å²) in [7, 11) is -4.16. The number of carboxylic acids is 2. The molecule has 20 heavy (non-hydrogen) atoms. The van der Waals surface area contributed by atoms with Crippen LogP contribution >= 0.6 is 31.9 Å². The molecule has 0 amide bonds. The number of sulfonamides is 1. The van der Waals surface area contributed by atoms with Crippen LogP contribution in [0.2, 0.25) is 0 Å². The summed E-state index contributed by atoms with van der Waals surface area (Å²) in [5.74, 6) is -2.99. The van der Waals surface area contributed by atoms with Gasteiger partial charge < -0.3 is 10.2 Å². The number of carbonyl (C=O) groups is 2. The summed E-state index contributed by atoms with van der Waals surface area (Å²) in [4.78, 5) is 21.2. The van der Waals surface area contributed by atoms with E-state index >= 15 is 0 Å². The Hall–Kier alpha value is -0.970. The van der Waals surface area contributed by atoms with E-state index in [1.54, 1.807) is 0 Å². The highest BCUT2D eigenvalue weighted by Gasteiger charge is 2.28. The quantitative estimate of drug-likeness (QED) is 0.627. The van der Waals surface area contributed by atoms with E-state index in [0.717, 1.165) is 0 Å². The Balaban J connectivity index is 3.09. The molecule has 3 N–H and O–H groups in total. The topological polar surface area (TPSA) is 121 Å². The minimum absolute atomic E-state index is 0.183. The molecule has 7 nitrogen and oxygen atoms in total. The molecule has 0 radical (unpaired) electrons. The Labute approximate surface area is 131 Å². The largest absolute Gasteiger partial charge is 0.481 e. The van der Waals surface area contributed by atoms with Gasteiger partial charge in [0.25, 0.3) is 0 Å². The molecule has 1 rings (SSSR count). The molecule has 0 aliphatic carbocycles. The van der Waals surface area contributed by atoms with Crippen LogP contribution in [0.15, 0.2) is 32.0 Å². The van der Waals surface area contributed by atoms with Crippen LogP contribution in [0.3, 0.4) is 0 Å². The standard InChI is InChI=1S/C10H9Br2NO6S/c11-5-1-2-8(6(12)3-5)20(18,19)13-7(10(16)17)4-9(14)15/h1-3,7,13H,4H2,(H,14,15)(H,16,17)/t7-/m1/s1. The van der Waals surface area contributed by atoms with Crippen molar-refractivity contribution in [2.45, 2.75) is 17.4 Å². The summed E-state index contributed by atoms with van der Waals surface area (Å²) in [5.41, 5.74) is 0. The first-order valence-corrected chi connectivity index (χ1v) is 8.12. The van der Waals surface area contributed by atoms with Crippen LogP contribution in [-0.4, -0.2) is 36.6 Å². The van der Waals surface area contributed by atoms with Crippen molar-refractivity contribution in [1.29, 1.82) is 0 Å². The molecule has 0 aromatic heterocycles. The maximum atomic E-state index is 12.0. The van der Waals surface area contributed by atoms with Crippen LogP contribution in [0, 0.1) is 0 Å². The number of aliphatic carboxylic acids is 2. The van der Waals surface area contributed by atoms with Crippen molar-refractivity contribution < 1.29 is 28.2 Å². The maximum Gasteiger partial charge on any atom is 0.322 e. The Bertz CT molecular complexity index is 645. The van der Waals surface area contributed by atoms with Crippen molar-refractivity contribution in [3.8, 4) is 0 Å². The molecule has 1 aromatic rings. The zero-order valence-electron chi connectivity index (χ0n) is 9.71. The minimum atomic E-state index is -4.16. The first-order chi connectivity index (χ1) is 9.13. The minimum Gasteiger partial charge on any atom is -0.481 e. The molecule has 0 heterocycles. The molecule has 0 aliphatic heterocycles. The lowest BCUT2D eigenvalue weighted by Gasteiger charge is -2.14. The van der Waals surface area contributed by atoms with Gasteiger partial charge >= 0.3 is 11.9 Å². The van der Waals surface area contributed by atoms with Crippen LogP contribution in [0.4, 0.5) is 0 Å². The monoisotopic (exact) mass is 429 g/mol. The Morgan fingerprint density at radius 1 is 1.25 bits per heavy atom. The highest BCUT2D eigenvalue weighted by atomic mass is 79.9. The molecular formula is C10H9Br2NO6S. The van der Waals surface area contributed by atoms with Gasteiger partial charge in [0.15, 0.2) is 0 Å². The van der Waals surface area contributed by atoms with Gasteiger partial charge in [0, 0.05) is 8.95 Å². The SMILES string of the molecule is O=C(O)C[C@@H](NS(=O)(=O)c1ccc(Br)cc1Br)C(=O)O. The van der Waals surface area contributed by atoms with Gasteiger partial charge in [-0.15, -0.1) is 0 Å². The van der Waals surface area contributed by atoms with E-state index in [9.17, 15) is 18.0 Å². The summed E-state index contributed by atoms with van der Waals surface area (Å²) in [5, 5.41) is 17.4. The Morgan fingerprint density at radius 3 is 2.30 bits per heavy atom. The smallest absolute Gasteiger partial charge is 0.322 e. The molecule has 1 atom stereocenters. The number of carboxylic acid groups (broad SMARTS) is 2. The van der Waals surface area contributed by atoms with E-state index in [4.69, 9.17) is 10.2 Å². The van der Waals surface area contributed by atoms with Crippen molar-refractivity contribution in [2.75, 3.05) is 0 Å². The lowest BCUT2D eigenvalue weighted by molar-refractivity contribution is -0.145. The van der Waals surface area contributed by atoms with Gasteiger partial charge in [0.1, 0.15) is 6.04 Å². The second-order valence-electron chi connectivity index (χ2n) is 3.68. The second kappa shape index (κ2) is 6.66. The lowest BCUT2D eigenvalue weighted by Crippen LogP contribution is -2.42. The van der Waals surface area contributed by atoms with Crippen LogP contribution in [-0.2, 0) is 19.6 Å². The third-order valence-corrected chi connectivity index (χ3v) is 5.10. The summed E-state index contributed by atoms with van der Waals surface area (Å²) in [6.45, 7) is 0. The predicted octanol–water partition coefficient (Wildman–Crippen LogP) is 1.42. The average Bonchev–Trinajstić information content (AvgIpc) is 2.26. The van der Waals surface area contributed by atoms with Crippen LogP contribution in [0.5, 0.6) is 0 Å². The summed E-state index contributed by atoms with van der Waals surface area (Å²) in [6.07, 6.45) is -0.858. The third kappa shape index (κ3) is 4.54. The maximum absolute atomic E-state index is 12.0. The normalized spacial score (nSPS) is 12.9. The molecule has 0 saturated heterocycles. The van der Waals surface area contributed by atoms with E-state index in [1.165, 1.54) is 18.2 Å². The van der Waals surface area contributed by atoms with Gasteiger partial charge in [-0.3, -0.25) is 9.59 Å². The van der Waals surface area contributed by atoms with Crippen molar-refractivity contribution >= 4 is 53.8 Å². The van der Waals surface area contributed by atoms with E-state index in [-0.39, 0.29) is 9.37 Å². The lowest BCUT2D eigenvalue weighted by atomic mass is 10.2. The van der Waals surface area contributed by atoms with Crippen molar-refractivity contribution in [1.82, 2.24) is 4.72 Å². The molecule has 0 bridgehead atoms. The number of nitrogens with one attached hydrogen (secondary N) is 1.